The summed E-state index contributed by atoms with van der Waals surface area (Å²) in [4.78, 5) is 0. The molecule has 0 saturated carbocycles. The van der Waals surface area contributed by atoms with Crippen LogP contribution in [0.3, 0.4) is 0 Å². The SMILES string of the molecule is C[C@@H]1COc2cccc3c4c(OCCN)cccc4n1c23. The molecule has 0 radical (unpaired) electrons. The van der Waals surface area contributed by atoms with Crippen LogP contribution < -0.4 is 15.2 Å². The van der Waals surface area contributed by atoms with E-state index in [1.807, 2.05) is 24.3 Å². The Morgan fingerprint density at radius 3 is 3.00 bits per heavy atom. The fraction of sp³-hybridized carbons (Fsp3) is 0.294. The number of nitrogens with two attached hydrogens (primary N) is 1. The fourth-order valence-electron chi connectivity index (χ4n) is 3.23. The number of aromatic nitrogens is 1. The van der Waals surface area contributed by atoms with Crippen LogP contribution in [0, 0.1) is 0 Å². The molecule has 4 nitrogen and oxygen atoms in total. The van der Waals surface area contributed by atoms with Gasteiger partial charge in [-0.1, -0.05) is 18.2 Å². The molecule has 1 aliphatic rings. The van der Waals surface area contributed by atoms with Gasteiger partial charge in [0, 0.05) is 17.3 Å². The molecular weight excluding hydrogens is 264 g/mol. The van der Waals surface area contributed by atoms with Gasteiger partial charge in [-0.25, -0.2) is 0 Å². The van der Waals surface area contributed by atoms with E-state index in [2.05, 4.69) is 23.6 Å². The minimum Gasteiger partial charge on any atom is -0.492 e. The largest absolute Gasteiger partial charge is 0.492 e. The highest BCUT2D eigenvalue weighted by atomic mass is 16.5. The number of hydrogen-bond donors (Lipinski definition) is 1. The average Bonchev–Trinajstić information content (AvgIpc) is 2.86. The number of nitrogens with zero attached hydrogens (tertiary/aromatic N) is 1. The third-order valence-corrected chi connectivity index (χ3v) is 4.07. The molecule has 1 atom stereocenters. The first-order chi connectivity index (χ1) is 10.3. The molecule has 0 fully saturated rings. The standard InChI is InChI=1S/C17H18N2O2/c1-11-10-21-15-7-2-4-12-16-13(19(11)17(12)15)5-3-6-14(16)20-9-8-18/h2-7,11H,8-10,18H2,1H3/t11-/m1/s1. The van der Waals surface area contributed by atoms with Crippen LogP contribution in [-0.4, -0.2) is 24.3 Å². The van der Waals surface area contributed by atoms with Crippen molar-refractivity contribution in [3.63, 3.8) is 0 Å². The van der Waals surface area contributed by atoms with E-state index >= 15 is 0 Å². The van der Waals surface area contributed by atoms with Crippen molar-refractivity contribution < 1.29 is 9.47 Å². The summed E-state index contributed by atoms with van der Waals surface area (Å²) >= 11 is 0. The minimum absolute atomic E-state index is 0.310. The number of para-hydroxylation sites is 1. The Hall–Kier alpha value is -2.20. The van der Waals surface area contributed by atoms with Gasteiger partial charge < -0.3 is 19.8 Å². The summed E-state index contributed by atoms with van der Waals surface area (Å²) in [6.07, 6.45) is 0. The van der Waals surface area contributed by atoms with Crippen molar-refractivity contribution >= 4 is 21.8 Å². The minimum atomic E-state index is 0.310. The van der Waals surface area contributed by atoms with E-state index in [9.17, 15) is 0 Å². The topological polar surface area (TPSA) is 49.4 Å². The zero-order valence-corrected chi connectivity index (χ0v) is 12.0. The van der Waals surface area contributed by atoms with Crippen LogP contribution in [-0.2, 0) is 0 Å². The monoisotopic (exact) mass is 282 g/mol. The average molecular weight is 282 g/mol. The van der Waals surface area contributed by atoms with E-state index in [0.717, 1.165) is 22.4 Å². The van der Waals surface area contributed by atoms with E-state index < -0.39 is 0 Å². The van der Waals surface area contributed by atoms with Crippen LogP contribution in [0.4, 0.5) is 0 Å². The van der Waals surface area contributed by atoms with Crippen molar-refractivity contribution in [1.82, 2.24) is 4.57 Å². The van der Waals surface area contributed by atoms with Crippen LogP contribution in [0.25, 0.3) is 21.8 Å². The number of fused-ring (bicyclic) bond motifs is 3. The molecule has 0 unspecified atom stereocenters. The Bertz CT molecular complexity index is 822. The van der Waals surface area contributed by atoms with Crippen molar-refractivity contribution in [2.45, 2.75) is 13.0 Å². The van der Waals surface area contributed by atoms with Crippen LogP contribution >= 0.6 is 0 Å². The maximum absolute atomic E-state index is 5.88. The quantitative estimate of drug-likeness (QED) is 0.803. The Balaban J connectivity index is 2.11. The van der Waals surface area contributed by atoms with Crippen molar-refractivity contribution in [2.75, 3.05) is 19.8 Å². The molecule has 2 N–H and O–H groups in total. The summed E-state index contributed by atoms with van der Waals surface area (Å²) in [6, 6.07) is 12.7. The predicted octanol–water partition coefficient (Wildman–Crippen LogP) is 3.09. The molecule has 2 aromatic carbocycles. The summed E-state index contributed by atoms with van der Waals surface area (Å²) in [5.41, 5.74) is 7.93. The summed E-state index contributed by atoms with van der Waals surface area (Å²) in [5.74, 6) is 1.85. The van der Waals surface area contributed by atoms with E-state index in [0.29, 0.717) is 25.8 Å². The Morgan fingerprint density at radius 1 is 1.29 bits per heavy atom. The number of benzene rings is 2. The highest BCUT2D eigenvalue weighted by Gasteiger charge is 2.24. The van der Waals surface area contributed by atoms with Gasteiger partial charge >= 0.3 is 0 Å². The van der Waals surface area contributed by atoms with Gasteiger partial charge in [0.05, 0.1) is 17.1 Å². The first-order valence-corrected chi connectivity index (χ1v) is 7.32. The second kappa shape index (κ2) is 4.67. The number of hydrogen-bond acceptors (Lipinski definition) is 3. The molecule has 21 heavy (non-hydrogen) atoms. The van der Waals surface area contributed by atoms with E-state index in [1.54, 1.807) is 0 Å². The van der Waals surface area contributed by atoms with Crippen LogP contribution in [0.1, 0.15) is 13.0 Å². The number of rotatable bonds is 3. The third kappa shape index (κ3) is 1.72. The zero-order chi connectivity index (χ0) is 14.4. The second-order valence-electron chi connectivity index (χ2n) is 5.47. The van der Waals surface area contributed by atoms with Gasteiger partial charge in [-0.3, -0.25) is 0 Å². The Kier molecular flexibility index (Phi) is 2.79. The van der Waals surface area contributed by atoms with Crippen molar-refractivity contribution in [2.24, 2.45) is 5.73 Å². The first-order valence-electron chi connectivity index (χ1n) is 7.32. The summed E-state index contributed by atoms with van der Waals surface area (Å²) in [7, 11) is 0. The molecule has 3 aromatic rings. The van der Waals surface area contributed by atoms with Crippen LogP contribution in [0.2, 0.25) is 0 Å². The number of ether oxygens (including phenoxy) is 2. The van der Waals surface area contributed by atoms with Gasteiger partial charge in [0.2, 0.25) is 0 Å². The molecule has 4 heteroatoms. The van der Waals surface area contributed by atoms with Gasteiger partial charge in [-0.2, -0.15) is 0 Å². The summed E-state index contributed by atoms with van der Waals surface area (Å²) < 4.78 is 14.1. The van der Waals surface area contributed by atoms with Crippen molar-refractivity contribution in [3.05, 3.63) is 36.4 Å². The molecule has 0 aliphatic carbocycles. The van der Waals surface area contributed by atoms with Gasteiger partial charge in [0.15, 0.2) is 0 Å². The fourth-order valence-corrected chi connectivity index (χ4v) is 3.23. The lowest BCUT2D eigenvalue weighted by atomic mass is 10.1. The van der Waals surface area contributed by atoms with E-state index in [-0.39, 0.29) is 0 Å². The van der Waals surface area contributed by atoms with Gasteiger partial charge in [0.1, 0.15) is 24.7 Å². The molecule has 1 aromatic heterocycles. The van der Waals surface area contributed by atoms with Gasteiger partial charge in [-0.05, 0) is 25.1 Å². The van der Waals surface area contributed by atoms with E-state index in [4.69, 9.17) is 15.2 Å². The molecule has 0 amide bonds. The second-order valence-corrected chi connectivity index (χ2v) is 5.47. The lowest BCUT2D eigenvalue weighted by Gasteiger charge is -2.24. The van der Waals surface area contributed by atoms with Crippen LogP contribution in [0.15, 0.2) is 36.4 Å². The predicted molar refractivity (Wildman–Crippen MR) is 84.2 cm³/mol. The lowest BCUT2D eigenvalue weighted by Crippen LogP contribution is -2.18. The maximum atomic E-state index is 5.88. The molecule has 4 rings (SSSR count). The Labute approximate surface area is 123 Å². The molecule has 0 saturated heterocycles. The highest BCUT2D eigenvalue weighted by Crippen LogP contribution is 2.43. The van der Waals surface area contributed by atoms with Gasteiger partial charge in [0.25, 0.3) is 0 Å². The van der Waals surface area contributed by atoms with Crippen LogP contribution in [0.5, 0.6) is 11.5 Å². The molecule has 108 valence electrons. The highest BCUT2D eigenvalue weighted by molar-refractivity contribution is 6.13. The molecule has 1 aliphatic heterocycles. The maximum Gasteiger partial charge on any atom is 0.143 e. The molecule has 2 heterocycles. The first kappa shape index (κ1) is 12.5. The normalized spacial score (nSPS) is 17.1. The van der Waals surface area contributed by atoms with Crippen molar-refractivity contribution in [1.29, 1.82) is 0 Å². The smallest absolute Gasteiger partial charge is 0.143 e. The molecule has 0 spiro atoms. The van der Waals surface area contributed by atoms with Crippen molar-refractivity contribution in [3.8, 4) is 11.5 Å². The molecule has 0 bridgehead atoms. The summed E-state index contributed by atoms with van der Waals surface area (Å²) in [5, 5.41) is 2.34. The van der Waals surface area contributed by atoms with Gasteiger partial charge in [-0.15, -0.1) is 0 Å². The third-order valence-electron chi connectivity index (χ3n) is 4.07. The Morgan fingerprint density at radius 2 is 2.14 bits per heavy atom. The summed E-state index contributed by atoms with van der Waals surface area (Å²) in [6.45, 7) is 3.92. The lowest BCUT2D eigenvalue weighted by molar-refractivity contribution is 0.251. The zero-order valence-electron chi connectivity index (χ0n) is 12.0. The van der Waals surface area contributed by atoms with E-state index in [1.165, 1.54) is 10.9 Å². The molecular formula is C17H18N2O2.